The third-order valence-corrected chi connectivity index (χ3v) is 10.3. The van der Waals surface area contributed by atoms with E-state index in [9.17, 15) is 18.5 Å². The largest absolute Gasteiger partial charge is 0.493 e. The molecule has 0 aromatic heterocycles. The van der Waals surface area contributed by atoms with E-state index in [-0.39, 0.29) is 18.2 Å². The Hall–Kier alpha value is -2.11. The monoisotopic (exact) mass is 418 g/mol. The Morgan fingerprint density at radius 3 is 2.38 bits per heavy atom. The van der Waals surface area contributed by atoms with Crippen LogP contribution in [0.15, 0.2) is 12.1 Å². The smallest absolute Gasteiger partial charge is 0.229 e. The van der Waals surface area contributed by atoms with Crippen LogP contribution in [-0.4, -0.2) is 44.0 Å². The number of Topliss-reactive ketones (excluding diaryl/α,β-unsaturated/α-hetero) is 1. The fourth-order valence-electron chi connectivity index (χ4n) is 5.76. The Morgan fingerprint density at radius 1 is 1.21 bits per heavy atom. The van der Waals surface area contributed by atoms with Crippen molar-refractivity contribution in [3.8, 4) is 17.6 Å². The second-order valence-electron chi connectivity index (χ2n) is 8.71. The van der Waals surface area contributed by atoms with E-state index >= 15 is 0 Å². The van der Waals surface area contributed by atoms with Crippen LogP contribution in [0.1, 0.15) is 50.3 Å². The van der Waals surface area contributed by atoms with Gasteiger partial charge in [-0.05, 0) is 53.9 Å². The number of nitriles is 1. The summed E-state index contributed by atoms with van der Waals surface area (Å²) in [5, 5.41) is 9.95. The zero-order chi connectivity index (χ0) is 21.2. The van der Waals surface area contributed by atoms with Crippen LogP contribution < -0.4 is 9.47 Å². The van der Waals surface area contributed by atoms with E-state index in [0.717, 1.165) is 12.0 Å². The van der Waals surface area contributed by atoms with Gasteiger partial charge in [-0.1, -0.05) is 13.8 Å². The van der Waals surface area contributed by atoms with Crippen LogP contribution in [0.3, 0.4) is 0 Å². The highest BCUT2D eigenvalue weighted by molar-refractivity contribution is 7.91. The summed E-state index contributed by atoms with van der Waals surface area (Å²) in [7, 11) is -1.00. The number of ether oxygens (including phenoxy) is 2. The first-order chi connectivity index (χ1) is 13.7. The Balaban J connectivity index is 1.83. The molecule has 2 saturated carbocycles. The van der Waals surface area contributed by atoms with Crippen molar-refractivity contribution >= 4 is 15.8 Å². The predicted molar refractivity (Wildman–Crippen MR) is 106 cm³/mol. The Morgan fingerprint density at radius 2 is 1.86 bits per heavy atom. The number of carbonyl (C=O) groups excluding carboxylic acids is 1. The molecule has 29 heavy (non-hydrogen) atoms. The van der Waals surface area contributed by atoms with Crippen molar-refractivity contribution < 1.29 is 22.7 Å². The molecule has 3 atom stereocenters. The first kappa shape index (κ1) is 20.2. The minimum Gasteiger partial charge on any atom is -0.493 e. The van der Waals surface area contributed by atoms with Gasteiger partial charge in [-0.15, -0.1) is 0 Å². The number of fused-ring (bicyclic) bond motifs is 3. The fraction of sp³-hybridized carbons (Fsp3) is 0.619. The van der Waals surface area contributed by atoms with Crippen molar-refractivity contribution in [2.45, 2.75) is 50.3 Å². The molecule has 4 rings (SSSR count). The van der Waals surface area contributed by atoms with E-state index in [1.807, 2.05) is 13.8 Å². The summed E-state index contributed by atoms with van der Waals surface area (Å²) in [5.74, 6) is 0.867. The second kappa shape index (κ2) is 6.44. The normalized spacial score (nSPS) is 30.7. The zero-order valence-electron chi connectivity index (χ0n) is 17.2. The molecule has 0 radical (unpaired) electrons. The van der Waals surface area contributed by atoms with Crippen molar-refractivity contribution in [1.82, 2.24) is 4.31 Å². The lowest BCUT2D eigenvalue weighted by Gasteiger charge is -2.42. The number of benzene rings is 1. The molecule has 1 aliphatic heterocycles. The van der Waals surface area contributed by atoms with Gasteiger partial charge in [0.25, 0.3) is 0 Å². The Labute approximate surface area is 171 Å². The number of carbonyl (C=O) groups is 1. The molecular weight excluding hydrogens is 392 g/mol. The lowest BCUT2D eigenvalue weighted by molar-refractivity contribution is -0.121. The van der Waals surface area contributed by atoms with Gasteiger partial charge >= 0.3 is 0 Å². The highest BCUT2D eigenvalue weighted by Crippen LogP contribution is 2.63. The van der Waals surface area contributed by atoms with Gasteiger partial charge in [0.1, 0.15) is 10.8 Å². The third-order valence-electron chi connectivity index (χ3n) is 7.49. The summed E-state index contributed by atoms with van der Waals surface area (Å²) in [6.45, 7) is 3.94. The van der Waals surface area contributed by atoms with Crippen LogP contribution in [0, 0.1) is 22.7 Å². The van der Waals surface area contributed by atoms with Crippen molar-refractivity contribution in [3.63, 3.8) is 0 Å². The number of methoxy groups -OCH3 is 2. The molecule has 1 aromatic rings. The Bertz CT molecular complexity index is 1030. The van der Waals surface area contributed by atoms with Crippen LogP contribution in [0.4, 0.5) is 0 Å². The molecule has 2 bridgehead atoms. The lowest BCUT2D eigenvalue weighted by Crippen LogP contribution is -2.58. The average molecular weight is 419 g/mol. The lowest BCUT2D eigenvalue weighted by atomic mass is 9.81. The number of ketones is 1. The first-order valence-corrected chi connectivity index (χ1v) is 11.3. The topological polar surface area (TPSA) is 96.7 Å². The maximum atomic E-state index is 13.9. The fourth-order valence-corrected chi connectivity index (χ4v) is 8.50. The molecule has 3 aliphatic rings. The molecule has 0 amide bonds. The number of nitrogens with zero attached hydrogens (tertiary/aromatic N) is 2. The molecule has 7 nitrogen and oxygen atoms in total. The average Bonchev–Trinajstić information content (AvgIpc) is 3.08. The molecule has 0 N–H and O–H groups in total. The predicted octanol–water partition coefficient (Wildman–Crippen LogP) is 2.60. The summed E-state index contributed by atoms with van der Waals surface area (Å²) in [6.07, 6.45) is 1.81. The van der Waals surface area contributed by atoms with Crippen LogP contribution in [0.2, 0.25) is 0 Å². The van der Waals surface area contributed by atoms with Crippen LogP contribution in [0.25, 0.3) is 0 Å². The van der Waals surface area contributed by atoms with E-state index in [1.165, 1.54) is 18.5 Å². The first-order valence-electron chi connectivity index (χ1n) is 9.84. The van der Waals surface area contributed by atoms with Crippen LogP contribution in [0.5, 0.6) is 11.5 Å². The number of sulfonamides is 1. The molecule has 2 aliphatic carbocycles. The van der Waals surface area contributed by atoms with E-state index in [4.69, 9.17) is 9.47 Å². The van der Waals surface area contributed by atoms with E-state index < -0.39 is 26.2 Å². The zero-order valence-corrected chi connectivity index (χ0v) is 18.0. The van der Waals surface area contributed by atoms with Gasteiger partial charge in [-0.25, -0.2) is 8.42 Å². The maximum Gasteiger partial charge on any atom is 0.229 e. The minimum absolute atomic E-state index is 0.0757. The van der Waals surface area contributed by atoms with Gasteiger partial charge in [0.15, 0.2) is 17.3 Å². The van der Waals surface area contributed by atoms with Crippen molar-refractivity contribution in [2.75, 3.05) is 20.8 Å². The van der Waals surface area contributed by atoms with Crippen molar-refractivity contribution in [3.05, 3.63) is 23.3 Å². The number of rotatable bonds is 4. The standard InChI is InChI=1S/C21H26N2O5S/c1-20(2)14-5-7-21(20,19(24)10-14)29(25,26)23-8-6-13-9-17(27-3)18(28-4)11-15(13)16(23)12-22/h9,11,14,16H,5-8,10H2,1-4H3/t14-,16?,21-/m1/s1. The highest BCUT2D eigenvalue weighted by Gasteiger charge is 2.72. The van der Waals surface area contributed by atoms with E-state index in [0.29, 0.717) is 36.3 Å². The molecule has 8 heteroatoms. The summed E-state index contributed by atoms with van der Waals surface area (Å²) < 4.78 is 38.4. The van der Waals surface area contributed by atoms with Crippen molar-refractivity contribution in [1.29, 1.82) is 5.26 Å². The molecule has 1 unspecified atom stereocenters. The van der Waals surface area contributed by atoms with Gasteiger partial charge < -0.3 is 9.47 Å². The van der Waals surface area contributed by atoms with Crippen molar-refractivity contribution in [2.24, 2.45) is 11.3 Å². The molecule has 156 valence electrons. The van der Waals surface area contributed by atoms with Gasteiger partial charge in [-0.2, -0.15) is 9.57 Å². The number of hydrogen-bond acceptors (Lipinski definition) is 6. The molecule has 2 fully saturated rings. The molecule has 1 aromatic carbocycles. The van der Waals surface area contributed by atoms with E-state index in [1.54, 1.807) is 12.1 Å². The summed E-state index contributed by atoms with van der Waals surface area (Å²) in [6, 6.07) is 4.65. The molecule has 0 saturated heterocycles. The highest BCUT2D eigenvalue weighted by atomic mass is 32.2. The van der Waals surface area contributed by atoms with Crippen LogP contribution >= 0.6 is 0 Å². The van der Waals surface area contributed by atoms with Gasteiger partial charge in [0.2, 0.25) is 10.0 Å². The minimum atomic E-state index is -4.04. The second-order valence-corrected chi connectivity index (χ2v) is 10.8. The number of hydrogen-bond donors (Lipinski definition) is 0. The van der Waals surface area contributed by atoms with Gasteiger partial charge in [0.05, 0.1) is 20.3 Å². The summed E-state index contributed by atoms with van der Waals surface area (Å²) >= 11 is 0. The van der Waals surface area contributed by atoms with Gasteiger partial charge in [0, 0.05) is 13.0 Å². The third kappa shape index (κ3) is 2.37. The quantitative estimate of drug-likeness (QED) is 0.746. The summed E-state index contributed by atoms with van der Waals surface area (Å²) in [4.78, 5) is 13.0. The van der Waals surface area contributed by atoms with Gasteiger partial charge in [-0.3, -0.25) is 4.79 Å². The summed E-state index contributed by atoms with van der Waals surface area (Å²) in [5.41, 5.74) is 0.814. The molecular formula is C21H26N2O5S. The SMILES string of the molecule is COc1cc2c(cc1OC)C(C#N)N(S(=O)(=O)[C@]13CC[C@H](CC1=O)C3(C)C)CC2. The molecule has 0 spiro atoms. The molecule has 1 heterocycles. The van der Waals surface area contributed by atoms with E-state index in [2.05, 4.69) is 6.07 Å². The van der Waals surface area contributed by atoms with Crippen LogP contribution in [-0.2, 0) is 21.2 Å². The Kier molecular flexibility index (Phi) is 4.48. The maximum absolute atomic E-state index is 13.9.